The van der Waals surface area contributed by atoms with Crippen LogP contribution in [0, 0.1) is 5.82 Å². The van der Waals surface area contributed by atoms with E-state index >= 15 is 0 Å². The fourth-order valence-corrected chi connectivity index (χ4v) is 2.93. The van der Waals surface area contributed by atoms with Gasteiger partial charge >= 0.3 is 0 Å². The van der Waals surface area contributed by atoms with Crippen LogP contribution in [0.2, 0.25) is 0 Å². The summed E-state index contributed by atoms with van der Waals surface area (Å²) in [6.07, 6.45) is 0. The number of benzene rings is 2. The van der Waals surface area contributed by atoms with Crippen molar-refractivity contribution >= 4 is 17.3 Å². The summed E-state index contributed by atoms with van der Waals surface area (Å²) in [7, 11) is 4.03. The molecule has 126 valence electrons. The number of carbonyl (C=O) groups excluding carboxylic acids is 1. The van der Waals surface area contributed by atoms with Crippen LogP contribution in [-0.4, -0.2) is 51.1 Å². The van der Waals surface area contributed by atoms with Crippen molar-refractivity contribution in [2.45, 2.75) is 0 Å². The summed E-state index contributed by atoms with van der Waals surface area (Å²) >= 11 is 0. The molecule has 1 saturated heterocycles. The smallest absolute Gasteiger partial charge is 0.256 e. The fourth-order valence-electron chi connectivity index (χ4n) is 2.93. The molecule has 1 heterocycles. The summed E-state index contributed by atoms with van der Waals surface area (Å²) in [5.74, 6) is -0.681. The van der Waals surface area contributed by atoms with Crippen molar-refractivity contribution in [3.05, 3.63) is 59.9 Å². The molecule has 5 heteroatoms. The van der Waals surface area contributed by atoms with Gasteiger partial charge in [0.05, 0.1) is 5.56 Å². The molecule has 0 unspecified atom stereocenters. The number of hydrogen-bond donors (Lipinski definition) is 0. The van der Waals surface area contributed by atoms with Crippen LogP contribution < -0.4 is 9.80 Å². The molecule has 0 radical (unpaired) electrons. The largest absolute Gasteiger partial charge is 0.378 e. The monoisotopic (exact) mass is 327 g/mol. The molecule has 0 aliphatic carbocycles. The molecule has 1 aliphatic rings. The highest BCUT2D eigenvalue weighted by atomic mass is 19.1. The summed E-state index contributed by atoms with van der Waals surface area (Å²) in [6.45, 7) is 2.70. The lowest BCUT2D eigenvalue weighted by molar-refractivity contribution is 0.0742. The highest BCUT2D eigenvalue weighted by Crippen LogP contribution is 2.21. The molecule has 4 nitrogen and oxygen atoms in total. The van der Waals surface area contributed by atoms with Crippen molar-refractivity contribution in [1.29, 1.82) is 0 Å². The maximum absolute atomic E-state index is 13.8. The van der Waals surface area contributed by atoms with E-state index in [4.69, 9.17) is 0 Å². The number of rotatable bonds is 3. The van der Waals surface area contributed by atoms with Crippen molar-refractivity contribution < 1.29 is 9.18 Å². The van der Waals surface area contributed by atoms with Gasteiger partial charge in [-0.2, -0.15) is 0 Å². The third kappa shape index (κ3) is 3.35. The molecular weight excluding hydrogens is 305 g/mol. The standard InChI is InChI=1S/C19H22FN3O/c1-21(2)15-7-9-16(10-8-15)22-11-13-23(14-12-22)19(24)17-5-3-4-6-18(17)20/h3-10H,11-14H2,1-2H3. The van der Waals surface area contributed by atoms with E-state index in [9.17, 15) is 9.18 Å². The van der Waals surface area contributed by atoms with Gasteiger partial charge in [0.25, 0.3) is 5.91 Å². The molecule has 0 atom stereocenters. The van der Waals surface area contributed by atoms with Gasteiger partial charge in [0, 0.05) is 51.6 Å². The van der Waals surface area contributed by atoms with Gasteiger partial charge in [-0.25, -0.2) is 4.39 Å². The maximum atomic E-state index is 13.8. The van der Waals surface area contributed by atoms with Gasteiger partial charge in [-0.15, -0.1) is 0 Å². The number of carbonyl (C=O) groups is 1. The fraction of sp³-hybridized carbons (Fsp3) is 0.316. The second-order valence-electron chi connectivity index (χ2n) is 6.17. The lowest BCUT2D eigenvalue weighted by atomic mass is 10.1. The number of anilines is 2. The van der Waals surface area contributed by atoms with Crippen LogP contribution in [0.4, 0.5) is 15.8 Å². The van der Waals surface area contributed by atoms with E-state index in [1.807, 2.05) is 14.1 Å². The molecule has 0 spiro atoms. The Bertz CT molecular complexity index is 707. The van der Waals surface area contributed by atoms with Gasteiger partial charge in [-0.3, -0.25) is 4.79 Å². The molecule has 0 saturated carbocycles. The Labute approximate surface area is 142 Å². The van der Waals surface area contributed by atoms with Crippen molar-refractivity contribution in [2.75, 3.05) is 50.1 Å². The molecule has 2 aromatic rings. The van der Waals surface area contributed by atoms with Gasteiger partial charge in [0.2, 0.25) is 0 Å². The van der Waals surface area contributed by atoms with E-state index in [-0.39, 0.29) is 11.5 Å². The first-order valence-electron chi connectivity index (χ1n) is 8.12. The van der Waals surface area contributed by atoms with E-state index in [1.54, 1.807) is 23.1 Å². The molecule has 3 rings (SSSR count). The Morgan fingerprint density at radius 1 is 0.958 bits per heavy atom. The minimum atomic E-state index is -0.454. The van der Waals surface area contributed by atoms with Crippen LogP contribution in [0.1, 0.15) is 10.4 Å². The Hall–Kier alpha value is -2.56. The normalized spacial score (nSPS) is 14.6. The van der Waals surface area contributed by atoms with Crippen LogP contribution in [0.5, 0.6) is 0 Å². The van der Waals surface area contributed by atoms with Gasteiger partial charge in [0.1, 0.15) is 5.82 Å². The Morgan fingerprint density at radius 3 is 2.17 bits per heavy atom. The first-order chi connectivity index (χ1) is 11.6. The Kier molecular flexibility index (Phi) is 4.69. The predicted molar refractivity (Wildman–Crippen MR) is 95.3 cm³/mol. The number of amides is 1. The van der Waals surface area contributed by atoms with Gasteiger partial charge in [-0.1, -0.05) is 12.1 Å². The summed E-state index contributed by atoms with van der Waals surface area (Å²) in [4.78, 5) is 18.5. The van der Waals surface area contributed by atoms with E-state index in [2.05, 4.69) is 34.1 Å². The first-order valence-corrected chi connectivity index (χ1v) is 8.12. The van der Waals surface area contributed by atoms with Crippen molar-refractivity contribution in [1.82, 2.24) is 4.90 Å². The molecule has 2 aromatic carbocycles. The highest BCUT2D eigenvalue weighted by Gasteiger charge is 2.23. The van der Waals surface area contributed by atoms with Gasteiger partial charge in [0.15, 0.2) is 0 Å². The molecule has 0 N–H and O–H groups in total. The second kappa shape index (κ2) is 6.91. The van der Waals surface area contributed by atoms with Crippen LogP contribution >= 0.6 is 0 Å². The lowest BCUT2D eigenvalue weighted by Gasteiger charge is -2.36. The van der Waals surface area contributed by atoms with Crippen LogP contribution in [0.25, 0.3) is 0 Å². The quantitative estimate of drug-likeness (QED) is 0.867. The topological polar surface area (TPSA) is 26.8 Å². The molecule has 1 amide bonds. The molecule has 24 heavy (non-hydrogen) atoms. The molecule has 0 aromatic heterocycles. The van der Waals surface area contributed by atoms with E-state index in [0.717, 1.165) is 24.5 Å². The van der Waals surface area contributed by atoms with Crippen LogP contribution in [-0.2, 0) is 0 Å². The third-order valence-corrected chi connectivity index (χ3v) is 4.40. The van der Waals surface area contributed by atoms with Crippen molar-refractivity contribution in [3.63, 3.8) is 0 Å². The van der Waals surface area contributed by atoms with Gasteiger partial charge < -0.3 is 14.7 Å². The lowest BCUT2D eigenvalue weighted by Crippen LogP contribution is -2.49. The summed E-state index contributed by atoms with van der Waals surface area (Å²) < 4.78 is 13.8. The number of piperazine rings is 1. The Morgan fingerprint density at radius 2 is 1.58 bits per heavy atom. The highest BCUT2D eigenvalue weighted by molar-refractivity contribution is 5.94. The Balaban J connectivity index is 1.63. The third-order valence-electron chi connectivity index (χ3n) is 4.40. The summed E-state index contributed by atoms with van der Waals surface area (Å²) in [5.41, 5.74) is 2.46. The van der Waals surface area contributed by atoms with Crippen molar-refractivity contribution in [3.8, 4) is 0 Å². The minimum Gasteiger partial charge on any atom is -0.378 e. The van der Waals surface area contributed by atoms with E-state index in [0.29, 0.717) is 13.1 Å². The zero-order valence-electron chi connectivity index (χ0n) is 14.1. The number of hydrogen-bond acceptors (Lipinski definition) is 3. The SMILES string of the molecule is CN(C)c1ccc(N2CCN(C(=O)c3ccccc3F)CC2)cc1. The zero-order valence-corrected chi connectivity index (χ0v) is 14.1. The number of nitrogens with zero attached hydrogens (tertiary/aromatic N) is 3. The molecule has 1 aliphatic heterocycles. The summed E-state index contributed by atoms with van der Waals surface area (Å²) in [6, 6.07) is 14.5. The van der Waals surface area contributed by atoms with Gasteiger partial charge in [-0.05, 0) is 36.4 Å². The van der Waals surface area contributed by atoms with Crippen LogP contribution in [0.3, 0.4) is 0 Å². The van der Waals surface area contributed by atoms with Crippen molar-refractivity contribution in [2.24, 2.45) is 0 Å². The zero-order chi connectivity index (χ0) is 17.1. The maximum Gasteiger partial charge on any atom is 0.256 e. The molecule has 0 bridgehead atoms. The minimum absolute atomic E-state index is 0.154. The van der Waals surface area contributed by atoms with E-state index in [1.165, 1.54) is 6.07 Å². The average molecular weight is 327 g/mol. The average Bonchev–Trinajstić information content (AvgIpc) is 2.62. The van der Waals surface area contributed by atoms with E-state index < -0.39 is 5.82 Å². The molecular formula is C19H22FN3O. The first kappa shape index (κ1) is 16.3. The number of halogens is 1. The predicted octanol–water partition coefficient (Wildman–Crippen LogP) is 2.85. The van der Waals surface area contributed by atoms with Crippen LogP contribution in [0.15, 0.2) is 48.5 Å². The second-order valence-corrected chi connectivity index (χ2v) is 6.17. The summed E-state index contributed by atoms with van der Waals surface area (Å²) in [5, 5.41) is 0. The molecule has 1 fully saturated rings.